The average Bonchev–Trinajstić information content (AvgIpc) is 3.26. The van der Waals surface area contributed by atoms with Crippen LogP contribution in [-0.4, -0.2) is 73.4 Å². The number of phosphoric acid groups is 1. The van der Waals surface area contributed by atoms with E-state index in [-0.39, 0.29) is 19.1 Å². The van der Waals surface area contributed by atoms with Gasteiger partial charge in [-0.3, -0.25) is 13.8 Å². The van der Waals surface area contributed by atoms with Crippen molar-refractivity contribution in [2.75, 3.05) is 40.9 Å². The smallest absolute Gasteiger partial charge is 0.387 e. The highest BCUT2D eigenvalue weighted by Gasteiger charge is 2.27. The molecule has 0 aromatic carbocycles. The number of nitrogens with one attached hydrogen (secondary N) is 1. The molecule has 0 saturated heterocycles. The minimum absolute atomic E-state index is 0.0533. The Morgan fingerprint density at radius 3 is 1.29 bits per heavy atom. The third kappa shape index (κ3) is 50.2. The zero-order valence-electron chi connectivity index (χ0n) is 43.5. The molecule has 9 heteroatoms. The van der Waals surface area contributed by atoms with E-state index in [9.17, 15) is 19.4 Å². The first kappa shape index (κ1) is 63.5. The summed E-state index contributed by atoms with van der Waals surface area (Å²) in [6, 6.07) is -0.868. The molecule has 0 aromatic heterocycles. The fourth-order valence-electron chi connectivity index (χ4n) is 7.90. The zero-order valence-corrected chi connectivity index (χ0v) is 44.4. The van der Waals surface area contributed by atoms with Gasteiger partial charge in [0.1, 0.15) is 13.2 Å². The maximum atomic E-state index is 12.9. The predicted molar refractivity (Wildman–Crippen MR) is 281 cm³/mol. The fraction of sp³-hybridized carbons (Fsp3) is 0.839. The van der Waals surface area contributed by atoms with E-state index in [1.54, 1.807) is 6.08 Å². The van der Waals surface area contributed by atoms with E-state index < -0.39 is 20.0 Å². The molecule has 0 saturated carbocycles. The Balaban J connectivity index is 4.00. The Hall–Kier alpha value is -1.54. The standard InChI is InChI=1S/C56H107N2O6P/c1-6-8-10-12-14-16-18-19-20-21-22-23-24-25-26-27-28-29-30-31-32-33-34-35-36-37-38-40-42-44-46-48-50-56(60)57-54(53-64-65(61,62)63-52-51-58(3,4)5)55(59)49-47-45-43-41-39-17-15-13-11-9-7-2/h11,13,25-26,39,41,47,49,54-55,59H,6-10,12,14-24,27-38,40,42-46,48,50-53H2,1-5H3,(H-,57,60,61,62)/p+1/b13-11+,26-25-,41-39+,49-47+. The van der Waals surface area contributed by atoms with Crippen LogP contribution in [0.4, 0.5) is 0 Å². The lowest BCUT2D eigenvalue weighted by Gasteiger charge is -2.25. The van der Waals surface area contributed by atoms with Crippen molar-refractivity contribution >= 4 is 13.7 Å². The predicted octanol–water partition coefficient (Wildman–Crippen LogP) is 16.4. The molecule has 0 spiro atoms. The number of likely N-dealkylation sites (N-methyl/N-ethyl adjacent to an activating group) is 1. The van der Waals surface area contributed by atoms with Crippen LogP contribution < -0.4 is 5.32 Å². The van der Waals surface area contributed by atoms with Gasteiger partial charge in [-0.25, -0.2) is 4.57 Å². The summed E-state index contributed by atoms with van der Waals surface area (Å²) in [6.45, 7) is 4.72. The van der Waals surface area contributed by atoms with E-state index in [4.69, 9.17) is 9.05 Å². The molecule has 3 N–H and O–H groups in total. The Bertz CT molecular complexity index is 1200. The maximum Gasteiger partial charge on any atom is 0.472 e. The Labute approximate surface area is 403 Å². The van der Waals surface area contributed by atoms with Gasteiger partial charge < -0.3 is 19.8 Å². The van der Waals surface area contributed by atoms with Gasteiger partial charge in [0, 0.05) is 6.42 Å². The van der Waals surface area contributed by atoms with E-state index in [0.29, 0.717) is 17.4 Å². The Morgan fingerprint density at radius 1 is 0.508 bits per heavy atom. The molecule has 1 amide bonds. The molecule has 0 aliphatic carbocycles. The molecule has 3 atom stereocenters. The van der Waals surface area contributed by atoms with Gasteiger partial charge in [-0.15, -0.1) is 0 Å². The van der Waals surface area contributed by atoms with Crippen molar-refractivity contribution in [2.24, 2.45) is 0 Å². The number of phosphoric ester groups is 1. The SMILES string of the molecule is CCC/C=C/CC/C=C/CC/C=C/C(O)C(COP(=O)(O)OCC[N+](C)(C)C)NC(=O)CCCCCCCCCCCCCCCCCC/C=C\CCCCCCCCCCCCCC. The highest BCUT2D eigenvalue weighted by Crippen LogP contribution is 2.43. The monoisotopic (exact) mass is 936 g/mol. The van der Waals surface area contributed by atoms with Gasteiger partial charge >= 0.3 is 7.82 Å². The summed E-state index contributed by atoms with van der Waals surface area (Å²) in [5.41, 5.74) is 0. The third-order valence-corrected chi connectivity index (χ3v) is 13.2. The van der Waals surface area contributed by atoms with Gasteiger partial charge in [0.05, 0.1) is 39.9 Å². The number of allylic oxidation sites excluding steroid dienone is 7. The minimum Gasteiger partial charge on any atom is -0.387 e. The molecule has 0 aromatic rings. The second kappa shape index (κ2) is 47.5. The molecular weight excluding hydrogens is 828 g/mol. The number of rotatable bonds is 50. The van der Waals surface area contributed by atoms with Crippen molar-refractivity contribution in [3.63, 3.8) is 0 Å². The molecule has 3 unspecified atom stereocenters. The zero-order chi connectivity index (χ0) is 47.8. The molecule has 65 heavy (non-hydrogen) atoms. The van der Waals surface area contributed by atoms with Gasteiger partial charge in [-0.2, -0.15) is 0 Å². The summed E-state index contributed by atoms with van der Waals surface area (Å²) in [5.74, 6) is -0.191. The Morgan fingerprint density at radius 2 is 0.877 bits per heavy atom. The van der Waals surface area contributed by atoms with Gasteiger partial charge in [0.2, 0.25) is 5.91 Å². The summed E-state index contributed by atoms with van der Waals surface area (Å²) >= 11 is 0. The average molecular weight is 936 g/mol. The number of quaternary nitrogens is 1. The van der Waals surface area contributed by atoms with Crippen molar-refractivity contribution in [3.8, 4) is 0 Å². The molecular formula is C56H108N2O6P+. The van der Waals surface area contributed by atoms with E-state index in [1.807, 2.05) is 27.2 Å². The van der Waals surface area contributed by atoms with Crippen LogP contribution in [0.15, 0.2) is 48.6 Å². The Kier molecular flexibility index (Phi) is 46.4. The highest BCUT2D eigenvalue weighted by molar-refractivity contribution is 7.47. The van der Waals surface area contributed by atoms with Crippen LogP contribution in [0, 0.1) is 0 Å². The molecule has 8 nitrogen and oxygen atoms in total. The number of aliphatic hydroxyl groups is 1. The first-order valence-electron chi connectivity index (χ1n) is 27.5. The number of carbonyl (C=O) groups is 1. The van der Waals surface area contributed by atoms with E-state index >= 15 is 0 Å². The highest BCUT2D eigenvalue weighted by atomic mass is 31.2. The normalized spacial score (nSPS) is 14.4. The topological polar surface area (TPSA) is 105 Å². The van der Waals surface area contributed by atoms with Gasteiger partial charge in [-0.05, 0) is 64.2 Å². The minimum atomic E-state index is -4.35. The van der Waals surface area contributed by atoms with Crippen molar-refractivity contribution in [3.05, 3.63) is 48.6 Å². The first-order chi connectivity index (χ1) is 31.5. The number of unbranched alkanes of at least 4 members (excludes halogenated alkanes) is 31. The quantitative estimate of drug-likeness (QED) is 0.0243. The lowest BCUT2D eigenvalue weighted by Crippen LogP contribution is -2.45. The number of hydrogen-bond acceptors (Lipinski definition) is 5. The lowest BCUT2D eigenvalue weighted by molar-refractivity contribution is -0.870. The van der Waals surface area contributed by atoms with Crippen LogP contribution in [0.5, 0.6) is 0 Å². The first-order valence-corrected chi connectivity index (χ1v) is 29.0. The second-order valence-electron chi connectivity index (χ2n) is 19.9. The summed E-state index contributed by atoms with van der Waals surface area (Å²) < 4.78 is 23.6. The number of amides is 1. The van der Waals surface area contributed by atoms with Crippen LogP contribution in [0.1, 0.15) is 251 Å². The fourth-order valence-corrected chi connectivity index (χ4v) is 8.64. The van der Waals surface area contributed by atoms with Crippen molar-refractivity contribution in [2.45, 2.75) is 264 Å². The van der Waals surface area contributed by atoms with E-state index in [1.165, 1.54) is 180 Å². The third-order valence-electron chi connectivity index (χ3n) is 12.2. The number of hydrogen-bond donors (Lipinski definition) is 3. The summed E-state index contributed by atoms with van der Waals surface area (Å²) in [6.07, 6.45) is 62.4. The second-order valence-corrected chi connectivity index (χ2v) is 21.4. The van der Waals surface area contributed by atoms with Gasteiger partial charge in [0.15, 0.2) is 0 Å². The summed E-state index contributed by atoms with van der Waals surface area (Å²) in [7, 11) is 1.55. The molecule has 382 valence electrons. The molecule has 0 aliphatic heterocycles. The number of carbonyl (C=O) groups excluding carboxylic acids is 1. The van der Waals surface area contributed by atoms with Crippen LogP contribution in [0.2, 0.25) is 0 Å². The van der Waals surface area contributed by atoms with E-state index in [0.717, 1.165) is 51.4 Å². The molecule has 0 rings (SSSR count). The number of nitrogens with zero attached hydrogens (tertiary/aromatic N) is 1. The molecule has 0 aliphatic rings. The van der Waals surface area contributed by atoms with Crippen molar-refractivity contribution in [1.29, 1.82) is 0 Å². The largest absolute Gasteiger partial charge is 0.472 e. The van der Waals surface area contributed by atoms with Crippen molar-refractivity contribution in [1.82, 2.24) is 5.32 Å². The number of aliphatic hydroxyl groups excluding tert-OH is 1. The molecule has 0 bridgehead atoms. The van der Waals surface area contributed by atoms with E-state index in [2.05, 4.69) is 55.6 Å². The summed E-state index contributed by atoms with van der Waals surface area (Å²) in [4.78, 5) is 23.2. The maximum absolute atomic E-state index is 12.9. The lowest BCUT2D eigenvalue weighted by atomic mass is 10.0. The van der Waals surface area contributed by atoms with Gasteiger partial charge in [-0.1, -0.05) is 229 Å². The summed E-state index contributed by atoms with van der Waals surface area (Å²) in [5, 5.41) is 13.8. The molecule has 0 heterocycles. The molecule has 0 fully saturated rings. The van der Waals surface area contributed by atoms with Crippen molar-refractivity contribution < 1.29 is 32.9 Å². The van der Waals surface area contributed by atoms with Crippen LogP contribution in [0.3, 0.4) is 0 Å². The van der Waals surface area contributed by atoms with Crippen LogP contribution in [-0.2, 0) is 18.4 Å². The van der Waals surface area contributed by atoms with Crippen LogP contribution in [0.25, 0.3) is 0 Å². The molecule has 0 radical (unpaired) electrons. The van der Waals surface area contributed by atoms with Gasteiger partial charge in [0.25, 0.3) is 0 Å². The van der Waals surface area contributed by atoms with Crippen LogP contribution >= 0.6 is 7.82 Å².